The minimum atomic E-state index is -1.47. The molecule has 1 unspecified atom stereocenters. The number of carbonyl (C=O) groups is 2. The summed E-state index contributed by atoms with van der Waals surface area (Å²) in [6.07, 6.45) is -1.50. The number of nitrogens with two attached hydrogens (primary N) is 1. The molecular formula is C12H16N2O4. The van der Waals surface area contributed by atoms with Crippen LogP contribution in [0.1, 0.15) is 22.3 Å². The zero-order valence-electron chi connectivity index (χ0n) is 10.0. The first kappa shape index (κ1) is 14.0. The highest BCUT2D eigenvalue weighted by Gasteiger charge is 2.14. The average Bonchev–Trinajstić information content (AvgIpc) is 2.32. The van der Waals surface area contributed by atoms with E-state index in [9.17, 15) is 9.59 Å². The predicted octanol–water partition coefficient (Wildman–Crippen LogP) is 0.143. The third kappa shape index (κ3) is 3.46. The van der Waals surface area contributed by atoms with Crippen molar-refractivity contribution in [2.45, 2.75) is 19.4 Å². The number of benzene rings is 1. The molecule has 18 heavy (non-hydrogen) atoms. The van der Waals surface area contributed by atoms with Crippen LogP contribution in [0.15, 0.2) is 18.2 Å². The van der Waals surface area contributed by atoms with E-state index in [2.05, 4.69) is 5.32 Å². The monoisotopic (exact) mass is 252 g/mol. The first-order valence-corrected chi connectivity index (χ1v) is 5.47. The number of anilines is 1. The summed E-state index contributed by atoms with van der Waals surface area (Å²) in [5.74, 6) is -1.64. The lowest BCUT2D eigenvalue weighted by atomic mass is 10.1. The quantitative estimate of drug-likeness (QED) is 0.557. The van der Waals surface area contributed by atoms with Gasteiger partial charge < -0.3 is 21.3 Å². The van der Waals surface area contributed by atoms with Gasteiger partial charge in [0.05, 0.1) is 0 Å². The second kappa shape index (κ2) is 6.02. The minimum Gasteiger partial charge on any atom is -0.479 e. The summed E-state index contributed by atoms with van der Waals surface area (Å²) in [6, 6.07) is 5.00. The molecule has 0 fully saturated rings. The number of rotatable bonds is 5. The van der Waals surface area contributed by atoms with Crippen LogP contribution >= 0.6 is 0 Å². The van der Waals surface area contributed by atoms with Gasteiger partial charge in [-0.15, -0.1) is 0 Å². The normalized spacial score (nSPS) is 11.9. The molecule has 0 spiro atoms. The van der Waals surface area contributed by atoms with E-state index in [4.69, 9.17) is 15.9 Å². The molecule has 0 saturated heterocycles. The number of nitrogens with one attached hydrogen (secondary N) is 1. The van der Waals surface area contributed by atoms with Gasteiger partial charge >= 0.3 is 5.97 Å². The fraction of sp³-hybridized carbons (Fsp3) is 0.333. The van der Waals surface area contributed by atoms with Gasteiger partial charge in [0.2, 0.25) is 0 Å². The van der Waals surface area contributed by atoms with Crippen molar-refractivity contribution < 1.29 is 19.8 Å². The molecule has 0 saturated carbocycles. The number of aliphatic carboxylic acids is 1. The number of carboxylic acids is 1. The van der Waals surface area contributed by atoms with Crippen molar-refractivity contribution in [1.29, 1.82) is 0 Å². The van der Waals surface area contributed by atoms with Crippen molar-refractivity contribution in [1.82, 2.24) is 5.32 Å². The molecule has 0 aliphatic rings. The number of aliphatic hydroxyl groups excluding tert-OH is 1. The molecule has 0 bridgehead atoms. The van der Waals surface area contributed by atoms with Crippen molar-refractivity contribution in [3.63, 3.8) is 0 Å². The van der Waals surface area contributed by atoms with Gasteiger partial charge in [-0.3, -0.25) is 4.79 Å². The predicted molar refractivity (Wildman–Crippen MR) is 66.2 cm³/mol. The van der Waals surface area contributed by atoms with E-state index in [0.717, 1.165) is 0 Å². The van der Waals surface area contributed by atoms with Crippen LogP contribution in [0, 0.1) is 6.92 Å². The lowest BCUT2D eigenvalue weighted by molar-refractivity contribution is -0.146. The van der Waals surface area contributed by atoms with Gasteiger partial charge in [0.25, 0.3) is 5.91 Å². The highest BCUT2D eigenvalue weighted by atomic mass is 16.4. The molecular weight excluding hydrogens is 236 g/mol. The third-order valence-electron chi connectivity index (χ3n) is 2.61. The van der Waals surface area contributed by atoms with E-state index in [-0.39, 0.29) is 18.9 Å². The molecule has 1 amide bonds. The van der Waals surface area contributed by atoms with Gasteiger partial charge in [-0.05, 0) is 24.6 Å². The molecule has 1 rings (SSSR count). The Morgan fingerprint density at radius 1 is 1.44 bits per heavy atom. The molecule has 0 radical (unpaired) electrons. The maximum atomic E-state index is 11.8. The van der Waals surface area contributed by atoms with Gasteiger partial charge in [-0.1, -0.05) is 6.07 Å². The van der Waals surface area contributed by atoms with Crippen molar-refractivity contribution in [2.75, 3.05) is 12.3 Å². The van der Waals surface area contributed by atoms with E-state index < -0.39 is 12.1 Å². The standard InChI is InChI=1S/C12H16N2O4/c1-7-8(3-2-4-9(7)13)11(16)14-6-5-10(15)12(17)18/h2-4,10,15H,5-6,13H2,1H3,(H,14,16)(H,17,18). The van der Waals surface area contributed by atoms with Crippen LogP contribution in [-0.4, -0.2) is 34.7 Å². The maximum Gasteiger partial charge on any atom is 0.332 e. The Morgan fingerprint density at radius 3 is 2.72 bits per heavy atom. The molecule has 0 aliphatic carbocycles. The van der Waals surface area contributed by atoms with Gasteiger partial charge in [0, 0.05) is 24.2 Å². The summed E-state index contributed by atoms with van der Waals surface area (Å²) in [5.41, 5.74) is 7.32. The number of hydrogen-bond donors (Lipinski definition) is 4. The lowest BCUT2D eigenvalue weighted by Crippen LogP contribution is -2.30. The van der Waals surface area contributed by atoms with Crippen LogP contribution in [0.4, 0.5) is 5.69 Å². The Bertz CT molecular complexity index is 459. The molecule has 98 valence electrons. The van der Waals surface area contributed by atoms with Crippen LogP contribution in [0.25, 0.3) is 0 Å². The van der Waals surface area contributed by atoms with Crippen LogP contribution in [0.2, 0.25) is 0 Å². The second-order valence-corrected chi connectivity index (χ2v) is 3.92. The van der Waals surface area contributed by atoms with E-state index >= 15 is 0 Å². The van der Waals surface area contributed by atoms with Crippen molar-refractivity contribution in [3.05, 3.63) is 29.3 Å². The Hall–Kier alpha value is -2.08. The van der Waals surface area contributed by atoms with Crippen molar-refractivity contribution in [2.24, 2.45) is 0 Å². The smallest absolute Gasteiger partial charge is 0.332 e. The van der Waals surface area contributed by atoms with Crippen LogP contribution in [0.5, 0.6) is 0 Å². The molecule has 0 aliphatic heterocycles. The van der Waals surface area contributed by atoms with E-state index in [0.29, 0.717) is 16.8 Å². The summed E-state index contributed by atoms with van der Waals surface area (Å²) in [5, 5.41) is 20.0. The number of carbonyl (C=O) groups excluding carboxylic acids is 1. The fourth-order valence-corrected chi connectivity index (χ4v) is 1.44. The second-order valence-electron chi connectivity index (χ2n) is 3.92. The summed E-state index contributed by atoms with van der Waals surface area (Å²) in [6.45, 7) is 1.82. The Morgan fingerprint density at radius 2 is 2.11 bits per heavy atom. The number of hydrogen-bond acceptors (Lipinski definition) is 4. The number of aliphatic hydroxyl groups is 1. The number of amides is 1. The van der Waals surface area contributed by atoms with Gasteiger partial charge in [-0.25, -0.2) is 4.79 Å². The molecule has 0 heterocycles. The fourth-order valence-electron chi connectivity index (χ4n) is 1.44. The Balaban J connectivity index is 2.56. The third-order valence-corrected chi connectivity index (χ3v) is 2.61. The molecule has 1 aromatic carbocycles. The van der Waals surface area contributed by atoms with Crippen LogP contribution in [0.3, 0.4) is 0 Å². The molecule has 0 aromatic heterocycles. The summed E-state index contributed by atoms with van der Waals surface area (Å²) in [4.78, 5) is 22.1. The minimum absolute atomic E-state index is 0.0392. The largest absolute Gasteiger partial charge is 0.479 e. The topological polar surface area (TPSA) is 113 Å². The zero-order valence-corrected chi connectivity index (χ0v) is 10.0. The first-order chi connectivity index (χ1) is 8.43. The van der Waals surface area contributed by atoms with Crippen LogP contribution in [-0.2, 0) is 4.79 Å². The van der Waals surface area contributed by atoms with E-state index in [1.807, 2.05) is 0 Å². The Labute approximate surface area is 104 Å². The van der Waals surface area contributed by atoms with E-state index in [1.54, 1.807) is 25.1 Å². The summed E-state index contributed by atoms with van der Waals surface area (Å²) >= 11 is 0. The number of carboxylic acid groups (broad SMARTS) is 1. The maximum absolute atomic E-state index is 11.8. The average molecular weight is 252 g/mol. The van der Waals surface area contributed by atoms with Gasteiger partial charge in [0.15, 0.2) is 6.10 Å². The number of nitrogen functional groups attached to an aromatic ring is 1. The highest BCUT2D eigenvalue weighted by Crippen LogP contribution is 2.15. The SMILES string of the molecule is Cc1c(N)cccc1C(=O)NCCC(O)C(=O)O. The van der Waals surface area contributed by atoms with Gasteiger partial charge in [0.1, 0.15) is 0 Å². The van der Waals surface area contributed by atoms with Crippen molar-refractivity contribution in [3.8, 4) is 0 Å². The van der Waals surface area contributed by atoms with Crippen LogP contribution < -0.4 is 11.1 Å². The molecule has 1 aromatic rings. The highest BCUT2D eigenvalue weighted by molar-refractivity contribution is 5.96. The summed E-state index contributed by atoms with van der Waals surface area (Å²) < 4.78 is 0. The lowest BCUT2D eigenvalue weighted by Gasteiger charge is -2.10. The van der Waals surface area contributed by atoms with Crippen molar-refractivity contribution >= 4 is 17.6 Å². The zero-order chi connectivity index (χ0) is 13.7. The molecule has 6 nitrogen and oxygen atoms in total. The molecule has 5 N–H and O–H groups in total. The van der Waals surface area contributed by atoms with E-state index in [1.165, 1.54) is 0 Å². The van der Waals surface area contributed by atoms with Gasteiger partial charge in [-0.2, -0.15) is 0 Å². The first-order valence-electron chi connectivity index (χ1n) is 5.47. The summed E-state index contributed by atoms with van der Waals surface area (Å²) in [7, 11) is 0. The Kier molecular flexibility index (Phi) is 4.67. The molecule has 1 atom stereocenters. The molecule has 6 heteroatoms.